The Labute approximate surface area is 191 Å². The third-order valence-corrected chi connectivity index (χ3v) is 7.45. The van der Waals surface area contributed by atoms with Gasteiger partial charge in [-0.3, -0.25) is 14.5 Å². The number of Topliss-reactive ketones (excluding diaryl/α,β-unsaturated/α-hetero) is 1. The number of likely N-dealkylation sites (tertiary alicyclic amines) is 1. The Bertz CT molecular complexity index is 827. The number of rotatable bonds is 5. The van der Waals surface area contributed by atoms with Crippen LogP contribution in [0.3, 0.4) is 0 Å². The molecule has 9 heteroatoms. The van der Waals surface area contributed by atoms with Crippen LogP contribution >= 0.6 is 22.6 Å². The summed E-state index contributed by atoms with van der Waals surface area (Å²) >= 11 is 2.23. The van der Waals surface area contributed by atoms with Gasteiger partial charge in [-0.15, -0.1) is 0 Å². The fourth-order valence-corrected chi connectivity index (χ4v) is 5.61. The summed E-state index contributed by atoms with van der Waals surface area (Å²) < 4.78 is 0.909. The lowest BCUT2D eigenvalue weighted by atomic mass is 9.92. The van der Waals surface area contributed by atoms with Gasteiger partial charge in [0.25, 0.3) is 0 Å². The molecular weight excluding hydrogens is 497 g/mol. The fraction of sp³-hybridized carbons (Fsp3) is 0.667. The molecule has 0 saturated carbocycles. The Morgan fingerprint density at radius 2 is 1.97 bits per heavy atom. The number of ketones is 1. The summed E-state index contributed by atoms with van der Waals surface area (Å²) in [6, 6.07) is 2.23. The summed E-state index contributed by atoms with van der Waals surface area (Å²) in [6.07, 6.45) is 2.26. The highest BCUT2D eigenvalue weighted by atomic mass is 127. The van der Waals surface area contributed by atoms with Crippen molar-refractivity contribution in [3.63, 3.8) is 0 Å². The molecule has 1 aromatic heterocycles. The molecular formula is C21H30IN5O3. The van der Waals surface area contributed by atoms with Crippen LogP contribution in [0.4, 0.5) is 11.6 Å². The molecule has 4 heterocycles. The second kappa shape index (κ2) is 8.96. The molecule has 8 nitrogen and oxygen atoms in total. The topological polar surface area (TPSA) is 80.2 Å². The van der Waals surface area contributed by atoms with Crippen LogP contribution in [-0.4, -0.2) is 97.1 Å². The van der Waals surface area contributed by atoms with Crippen LogP contribution in [0.1, 0.15) is 30.1 Å². The van der Waals surface area contributed by atoms with Gasteiger partial charge in [0, 0.05) is 45.3 Å². The minimum Gasteiger partial charge on any atom is -0.481 e. The van der Waals surface area contributed by atoms with Gasteiger partial charge < -0.3 is 19.8 Å². The third-order valence-electron chi connectivity index (χ3n) is 6.66. The lowest BCUT2D eigenvalue weighted by Crippen LogP contribution is -2.49. The number of anilines is 2. The molecule has 0 aliphatic carbocycles. The van der Waals surface area contributed by atoms with Crippen molar-refractivity contribution in [2.24, 2.45) is 5.92 Å². The molecule has 0 spiro atoms. The van der Waals surface area contributed by atoms with E-state index in [0.717, 1.165) is 61.5 Å². The molecule has 1 aromatic rings. The first kappa shape index (κ1) is 21.8. The van der Waals surface area contributed by atoms with Crippen molar-refractivity contribution in [3.05, 3.63) is 15.2 Å². The zero-order valence-corrected chi connectivity index (χ0v) is 19.8. The average molecular weight is 527 g/mol. The molecule has 2 fully saturated rings. The van der Waals surface area contributed by atoms with Crippen molar-refractivity contribution in [1.29, 1.82) is 0 Å². The second-order valence-corrected chi connectivity index (χ2v) is 9.70. The molecule has 1 unspecified atom stereocenters. The van der Waals surface area contributed by atoms with Crippen molar-refractivity contribution in [3.8, 4) is 0 Å². The highest BCUT2D eigenvalue weighted by Crippen LogP contribution is 2.35. The van der Waals surface area contributed by atoms with Gasteiger partial charge in [-0.05, 0) is 61.6 Å². The lowest BCUT2D eigenvalue weighted by Gasteiger charge is -2.38. The maximum atomic E-state index is 13.0. The standard InChI is InChI=1S/C21H30IN5O3/c1-3-25-6-4-5-14(25)12-27-13-16(21(29)30)18(28)15-11-17(22)20(23-19(15)27)26-9-7-24(2)8-10-26/h11,14,16H,3-10,12-13H2,1-2H3,(H,29,30)/t14-,16?/m0/s1. The Balaban J connectivity index is 1.69. The monoisotopic (exact) mass is 527 g/mol. The third kappa shape index (κ3) is 4.16. The number of nitrogens with zero attached hydrogens (tertiary/aromatic N) is 5. The number of aliphatic carboxylic acids is 1. The number of carbonyl (C=O) groups excluding carboxylic acids is 1. The van der Waals surface area contributed by atoms with Gasteiger partial charge in [0.15, 0.2) is 5.78 Å². The van der Waals surface area contributed by atoms with Crippen molar-refractivity contribution >= 4 is 46.0 Å². The van der Waals surface area contributed by atoms with Gasteiger partial charge >= 0.3 is 5.97 Å². The first-order valence-corrected chi connectivity index (χ1v) is 11.9. The van der Waals surface area contributed by atoms with Crippen LogP contribution in [-0.2, 0) is 4.79 Å². The van der Waals surface area contributed by atoms with Gasteiger partial charge in [0.2, 0.25) is 0 Å². The Morgan fingerprint density at radius 3 is 2.63 bits per heavy atom. The van der Waals surface area contributed by atoms with E-state index in [1.165, 1.54) is 0 Å². The van der Waals surface area contributed by atoms with Gasteiger partial charge in [-0.25, -0.2) is 4.98 Å². The van der Waals surface area contributed by atoms with Crippen LogP contribution in [0.15, 0.2) is 6.07 Å². The maximum Gasteiger partial charge on any atom is 0.316 e. The number of carboxylic acids is 1. The summed E-state index contributed by atoms with van der Waals surface area (Å²) in [4.78, 5) is 38.8. The van der Waals surface area contributed by atoms with Crippen molar-refractivity contribution in [2.75, 3.05) is 69.2 Å². The molecule has 2 atom stereocenters. The summed E-state index contributed by atoms with van der Waals surface area (Å²) in [7, 11) is 2.12. The number of piperazine rings is 1. The van der Waals surface area contributed by atoms with E-state index in [1.54, 1.807) is 0 Å². The van der Waals surface area contributed by atoms with Gasteiger partial charge in [-0.2, -0.15) is 0 Å². The highest BCUT2D eigenvalue weighted by molar-refractivity contribution is 14.1. The summed E-state index contributed by atoms with van der Waals surface area (Å²) in [5.41, 5.74) is 0.456. The van der Waals surface area contributed by atoms with Crippen molar-refractivity contribution < 1.29 is 14.7 Å². The largest absolute Gasteiger partial charge is 0.481 e. The second-order valence-electron chi connectivity index (χ2n) is 8.54. The van der Waals surface area contributed by atoms with E-state index in [1.807, 2.05) is 6.07 Å². The molecule has 0 aromatic carbocycles. The zero-order valence-electron chi connectivity index (χ0n) is 17.7. The first-order valence-electron chi connectivity index (χ1n) is 10.8. The molecule has 3 aliphatic heterocycles. The van der Waals surface area contributed by atoms with Gasteiger partial charge in [0.05, 0.1) is 9.13 Å². The molecule has 0 bridgehead atoms. The number of hydrogen-bond acceptors (Lipinski definition) is 7. The number of hydrogen-bond donors (Lipinski definition) is 1. The molecule has 164 valence electrons. The van der Waals surface area contributed by atoms with E-state index in [-0.39, 0.29) is 12.3 Å². The summed E-state index contributed by atoms with van der Waals surface area (Å²) in [5, 5.41) is 9.67. The molecule has 2 saturated heterocycles. The summed E-state index contributed by atoms with van der Waals surface area (Å²) in [6.45, 7) is 8.90. The van der Waals surface area contributed by atoms with Crippen LogP contribution in [0, 0.1) is 9.49 Å². The predicted molar refractivity (Wildman–Crippen MR) is 125 cm³/mol. The lowest BCUT2D eigenvalue weighted by molar-refractivity contribution is -0.139. The quantitative estimate of drug-likeness (QED) is 0.458. The molecule has 0 amide bonds. The predicted octanol–water partition coefficient (Wildman–Crippen LogP) is 1.63. The minimum absolute atomic E-state index is 0.199. The number of fused-ring (bicyclic) bond motifs is 1. The Hall–Kier alpha value is -1.46. The van der Waals surface area contributed by atoms with Crippen LogP contribution < -0.4 is 9.80 Å². The zero-order chi connectivity index (χ0) is 21.4. The van der Waals surface area contributed by atoms with Gasteiger partial charge in [-0.1, -0.05) is 6.92 Å². The SMILES string of the molecule is CCN1CCC[C@H]1CN1CC(C(=O)O)C(=O)c2cc(I)c(N3CCN(C)CC3)nc21. The maximum absolute atomic E-state index is 13.0. The van der Waals surface area contributed by atoms with E-state index in [9.17, 15) is 14.7 Å². The van der Waals surface area contributed by atoms with Crippen molar-refractivity contribution in [1.82, 2.24) is 14.8 Å². The van der Waals surface area contributed by atoms with Crippen LogP contribution in [0.5, 0.6) is 0 Å². The van der Waals surface area contributed by atoms with E-state index < -0.39 is 11.9 Å². The minimum atomic E-state index is -1.05. The molecule has 4 rings (SSSR count). The van der Waals surface area contributed by atoms with Crippen LogP contribution in [0.2, 0.25) is 0 Å². The Kier molecular flexibility index (Phi) is 6.50. The number of likely N-dealkylation sites (N-methyl/N-ethyl adjacent to an activating group) is 2. The fourth-order valence-electron chi connectivity index (χ4n) is 4.83. The van der Waals surface area contributed by atoms with E-state index >= 15 is 0 Å². The molecule has 0 radical (unpaired) electrons. The van der Waals surface area contributed by atoms with E-state index in [4.69, 9.17) is 4.98 Å². The van der Waals surface area contributed by atoms with Crippen molar-refractivity contribution in [2.45, 2.75) is 25.8 Å². The normalized spacial score (nSPS) is 25.6. The highest BCUT2D eigenvalue weighted by Gasteiger charge is 2.40. The average Bonchev–Trinajstić information content (AvgIpc) is 3.17. The number of halogens is 1. The van der Waals surface area contributed by atoms with E-state index in [0.29, 0.717) is 24.0 Å². The number of aromatic nitrogens is 1. The number of pyridine rings is 1. The number of carboxylic acid groups (broad SMARTS) is 1. The smallest absolute Gasteiger partial charge is 0.316 e. The Morgan fingerprint density at radius 1 is 1.23 bits per heavy atom. The molecule has 1 N–H and O–H groups in total. The van der Waals surface area contributed by atoms with E-state index in [2.05, 4.69) is 56.2 Å². The molecule has 30 heavy (non-hydrogen) atoms. The number of carbonyl (C=O) groups is 2. The summed E-state index contributed by atoms with van der Waals surface area (Å²) in [5.74, 6) is -0.820. The molecule has 3 aliphatic rings. The van der Waals surface area contributed by atoms with Gasteiger partial charge in [0.1, 0.15) is 17.6 Å². The first-order chi connectivity index (χ1) is 14.4. The van der Waals surface area contributed by atoms with Crippen LogP contribution in [0.25, 0.3) is 0 Å².